The Bertz CT molecular complexity index is 750. The zero-order valence-electron chi connectivity index (χ0n) is 12.6. The number of rotatable bonds is 2. The summed E-state index contributed by atoms with van der Waals surface area (Å²) in [6.07, 6.45) is 0. The van der Waals surface area contributed by atoms with E-state index in [0.29, 0.717) is 12.1 Å². The highest BCUT2D eigenvalue weighted by molar-refractivity contribution is 5.69. The summed E-state index contributed by atoms with van der Waals surface area (Å²) in [7, 11) is -2.96. The van der Waals surface area contributed by atoms with Gasteiger partial charge in [-0.25, -0.2) is 22.0 Å². The van der Waals surface area contributed by atoms with E-state index in [1.54, 1.807) is 0 Å². The van der Waals surface area contributed by atoms with Crippen LogP contribution in [0.5, 0.6) is 5.75 Å². The van der Waals surface area contributed by atoms with E-state index in [0.717, 1.165) is 6.07 Å². The molecule has 0 atom stereocenters. The molecule has 0 fully saturated rings. The minimum absolute atomic E-state index is 0.558. The van der Waals surface area contributed by atoms with Gasteiger partial charge in [0.2, 0.25) is 0 Å². The molecule has 0 bridgehead atoms. The van der Waals surface area contributed by atoms with Gasteiger partial charge in [-0.2, -0.15) is 0 Å². The molecular weight excluding hydrogens is 281 g/mol. The highest BCUT2D eigenvalue weighted by Gasteiger charge is 2.25. The average Bonchev–Trinajstić information content (AvgIpc) is 2.41. The molecular formula is C13H8F5NO. The molecule has 0 aliphatic carbocycles. The number of nitrogens with two attached hydrogens (primary N) is 1. The second kappa shape index (κ2) is 4.99. The van der Waals surface area contributed by atoms with Gasteiger partial charge in [-0.1, -0.05) is 0 Å². The van der Waals surface area contributed by atoms with Crippen LogP contribution in [-0.4, -0.2) is 7.04 Å². The van der Waals surface area contributed by atoms with Crippen molar-refractivity contribution in [3.63, 3.8) is 0 Å². The van der Waals surface area contributed by atoms with Gasteiger partial charge in [0, 0.05) is 6.07 Å². The van der Waals surface area contributed by atoms with Crippen LogP contribution in [0.1, 0.15) is 4.11 Å². The van der Waals surface area contributed by atoms with Crippen molar-refractivity contribution in [3.05, 3.63) is 47.3 Å². The van der Waals surface area contributed by atoms with Gasteiger partial charge in [-0.3, -0.25) is 0 Å². The Morgan fingerprint density at radius 2 is 1.55 bits per heavy atom. The molecule has 2 N–H and O–H groups in total. The number of halogens is 5. The number of hydrogen-bond donors (Lipinski definition) is 1. The number of nitrogen functional groups attached to an aromatic ring is 1. The molecule has 2 aromatic rings. The first-order valence-electron chi connectivity index (χ1n) is 6.62. The monoisotopic (exact) mass is 292 g/mol. The molecule has 0 saturated heterocycles. The second-order valence-electron chi connectivity index (χ2n) is 3.82. The topological polar surface area (TPSA) is 35.2 Å². The highest BCUT2D eigenvalue weighted by Crippen LogP contribution is 2.35. The maximum absolute atomic E-state index is 13.9. The summed E-state index contributed by atoms with van der Waals surface area (Å²) >= 11 is 0. The average molecular weight is 292 g/mol. The minimum atomic E-state index is -2.96. The van der Waals surface area contributed by atoms with E-state index in [1.165, 1.54) is 0 Å². The minimum Gasteiger partial charge on any atom is -0.497 e. The molecule has 0 aromatic heterocycles. The largest absolute Gasteiger partial charge is 0.497 e. The Morgan fingerprint density at radius 1 is 0.950 bits per heavy atom. The van der Waals surface area contributed by atoms with Gasteiger partial charge < -0.3 is 10.5 Å². The van der Waals surface area contributed by atoms with E-state index in [2.05, 4.69) is 4.74 Å². The fraction of sp³-hybridized carbons (Fsp3) is 0.0769. The lowest BCUT2D eigenvalue weighted by atomic mass is 10.0. The smallest absolute Gasteiger partial charge is 0.185 e. The number of methoxy groups -OCH3 is 1. The summed E-state index contributed by atoms with van der Waals surface area (Å²) in [5.74, 6) is -9.10. The van der Waals surface area contributed by atoms with Gasteiger partial charge in [-0.05, 0) is 17.7 Å². The maximum Gasteiger partial charge on any atom is 0.185 e. The fourth-order valence-electron chi connectivity index (χ4n) is 1.67. The predicted molar refractivity (Wildman–Crippen MR) is 62.6 cm³/mol. The van der Waals surface area contributed by atoms with Crippen molar-refractivity contribution in [1.82, 2.24) is 0 Å². The zero-order chi connectivity index (χ0) is 17.5. The number of benzene rings is 2. The van der Waals surface area contributed by atoms with Crippen molar-refractivity contribution in [2.45, 2.75) is 0 Å². The van der Waals surface area contributed by atoms with E-state index in [9.17, 15) is 22.0 Å². The van der Waals surface area contributed by atoms with E-state index >= 15 is 0 Å². The Labute approximate surface area is 114 Å². The fourth-order valence-corrected chi connectivity index (χ4v) is 1.67. The number of ether oxygens (including phenoxy) is 1. The summed E-state index contributed by atoms with van der Waals surface area (Å²) in [5, 5.41) is 0. The molecule has 2 rings (SSSR count). The third kappa shape index (κ3) is 2.15. The summed E-state index contributed by atoms with van der Waals surface area (Å²) < 4.78 is 93.3. The number of hydrogen-bond acceptors (Lipinski definition) is 2. The first-order chi connectivity index (χ1) is 10.5. The van der Waals surface area contributed by atoms with Crippen LogP contribution in [0.3, 0.4) is 0 Å². The lowest BCUT2D eigenvalue weighted by molar-refractivity contribution is 0.411. The molecule has 0 unspecified atom stereocenters. The predicted octanol–water partition coefficient (Wildman–Crippen LogP) is 3.64. The van der Waals surface area contributed by atoms with Crippen LogP contribution in [0.25, 0.3) is 11.1 Å². The molecule has 0 amide bonds. The second-order valence-corrected chi connectivity index (χ2v) is 3.82. The van der Waals surface area contributed by atoms with E-state index in [-0.39, 0.29) is 0 Å². The van der Waals surface area contributed by atoms with Gasteiger partial charge in [0.1, 0.15) is 17.3 Å². The highest BCUT2D eigenvalue weighted by atomic mass is 19.2. The normalized spacial score (nSPS) is 13.6. The van der Waals surface area contributed by atoms with Crippen LogP contribution < -0.4 is 10.5 Å². The van der Waals surface area contributed by atoms with E-state index in [4.69, 9.17) is 9.85 Å². The Morgan fingerprint density at radius 3 is 2.10 bits per heavy atom. The maximum atomic E-state index is 13.9. The lowest BCUT2D eigenvalue weighted by Crippen LogP contribution is -2.05. The lowest BCUT2D eigenvalue weighted by Gasteiger charge is -2.11. The molecule has 0 aliphatic heterocycles. The molecule has 20 heavy (non-hydrogen) atoms. The van der Waals surface area contributed by atoms with Crippen LogP contribution in [0.2, 0.25) is 0 Å². The molecule has 0 heterocycles. The summed E-state index contributed by atoms with van der Waals surface area (Å²) in [5.41, 5.74) is 1.62. The molecule has 2 nitrogen and oxygen atoms in total. The SMILES string of the molecule is [2H]C([2H])([2H])Oc1cc(F)cc(-c2c(F)c(F)c(N)c(F)c2F)c1. The van der Waals surface area contributed by atoms with Gasteiger partial charge >= 0.3 is 0 Å². The van der Waals surface area contributed by atoms with Crippen LogP contribution in [0.4, 0.5) is 27.6 Å². The van der Waals surface area contributed by atoms with Crippen LogP contribution >= 0.6 is 0 Å². The summed E-state index contributed by atoms with van der Waals surface area (Å²) in [4.78, 5) is 0. The number of anilines is 1. The van der Waals surface area contributed by atoms with Crippen molar-refractivity contribution < 1.29 is 30.8 Å². The standard InChI is InChI=1S/C13H8F5NO/c1-20-7-3-5(2-6(14)4-7)8-9(15)11(17)13(19)12(18)10(8)16/h2-4H,19H2,1H3/i1D3. The Hall–Kier alpha value is -2.31. The third-order valence-corrected chi connectivity index (χ3v) is 2.58. The van der Waals surface area contributed by atoms with E-state index < -0.39 is 58.7 Å². The third-order valence-electron chi connectivity index (χ3n) is 2.58. The van der Waals surface area contributed by atoms with Gasteiger partial charge in [-0.15, -0.1) is 0 Å². The Balaban J connectivity index is 2.68. The van der Waals surface area contributed by atoms with Crippen molar-refractivity contribution >= 4 is 5.69 Å². The van der Waals surface area contributed by atoms with Crippen molar-refractivity contribution in [3.8, 4) is 16.9 Å². The quantitative estimate of drug-likeness (QED) is 0.521. The summed E-state index contributed by atoms with van der Waals surface area (Å²) in [6, 6.07) is 1.92. The van der Waals surface area contributed by atoms with Crippen molar-refractivity contribution in [1.29, 1.82) is 0 Å². The molecule has 0 aliphatic rings. The van der Waals surface area contributed by atoms with Gasteiger partial charge in [0.05, 0.1) is 16.7 Å². The molecule has 106 valence electrons. The molecule has 2 aromatic carbocycles. The summed E-state index contributed by atoms with van der Waals surface area (Å²) in [6.45, 7) is 0. The molecule has 0 saturated carbocycles. The molecule has 7 heteroatoms. The zero-order valence-corrected chi connectivity index (χ0v) is 9.61. The van der Waals surface area contributed by atoms with Crippen molar-refractivity contribution in [2.24, 2.45) is 0 Å². The first-order valence-corrected chi connectivity index (χ1v) is 5.12. The Kier molecular flexibility index (Phi) is 2.61. The van der Waals surface area contributed by atoms with Crippen LogP contribution in [0, 0.1) is 29.1 Å². The van der Waals surface area contributed by atoms with Crippen LogP contribution in [0.15, 0.2) is 18.2 Å². The van der Waals surface area contributed by atoms with Crippen molar-refractivity contribution in [2.75, 3.05) is 12.8 Å². The molecule has 0 spiro atoms. The van der Waals surface area contributed by atoms with E-state index in [1.807, 2.05) is 0 Å². The van der Waals surface area contributed by atoms with Crippen LogP contribution in [-0.2, 0) is 0 Å². The molecule has 0 radical (unpaired) electrons. The van der Waals surface area contributed by atoms with Gasteiger partial charge in [0.15, 0.2) is 23.3 Å². The van der Waals surface area contributed by atoms with Gasteiger partial charge in [0.25, 0.3) is 0 Å². The first kappa shape index (κ1) is 10.5.